The van der Waals surface area contributed by atoms with Crippen LogP contribution >= 0.6 is 11.3 Å². The number of thiazole rings is 1. The zero-order chi connectivity index (χ0) is 22.6. The zero-order valence-electron chi connectivity index (χ0n) is 18.0. The average molecular weight is 452 g/mol. The molecule has 6 heteroatoms. The summed E-state index contributed by atoms with van der Waals surface area (Å²) >= 11 is 1.41. The molecule has 0 fully saturated rings. The number of carbonyl (C=O) groups is 1. The van der Waals surface area contributed by atoms with Crippen LogP contribution < -0.4 is 10.1 Å². The molecular weight excluding hydrogens is 430 g/mol. The minimum Gasteiger partial charge on any atom is -0.494 e. The first-order valence-corrected chi connectivity index (χ1v) is 11.5. The van der Waals surface area contributed by atoms with E-state index in [0.717, 1.165) is 39.2 Å². The summed E-state index contributed by atoms with van der Waals surface area (Å²) in [4.78, 5) is 22.7. The van der Waals surface area contributed by atoms with Crippen LogP contribution in [0.15, 0.2) is 90.3 Å². The van der Waals surface area contributed by atoms with Gasteiger partial charge in [0.05, 0.1) is 29.1 Å². The van der Waals surface area contributed by atoms with Gasteiger partial charge in [-0.15, -0.1) is 11.3 Å². The standard InChI is InChI=1S/C27H21N3O2S/c1-2-32-20-14-12-19(13-15-20)24-16-22(21-10-6-7-11-23(21)28-24)26(31)30-27-29-25(17-33-27)18-8-4-3-5-9-18/h3-17H,2H2,1H3,(H,29,30,31). The number of carbonyl (C=O) groups excluding carboxylic acids is 1. The number of nitrogens with one attached hydrogen (secondary N) is 1. The van der Waals surface area contributed by atoms with Gasteiger partial charge in [-0.1, -0.05) is 48.5 Å². The molecule has 2 heterocycles. The van der Waals surface area contributed by atoms with Gasteiger partial charge in [0.25, 0.3) is 5.91 Å². The average Bonchev–Trinajstić information content (AvgIpc) is 3.33. The lowest BCUT2D eigenvalue weighted by Gasteiger charge is -2.10. The van der Waals surface area contributed by atoms with Crippen LogP contribution in [0.3, 0.4) is 0 Å². The van der Waals surface area contributed by atoms with Crippen molar-refractivity contribution >= 4 is 33.3 Å². The lowest BCUT2D eigenvalue weighted by atomic mass is 10.0. The highest BCUT2D eigenvalue weighted by Gasteiger charge is 2.16. The van der Waals surface area contributed by atoms with Crippen LogP contribution in [0.1, 0.15) is 17.3 Å². The van der Waals surface area contributed by atoms with Crippen molar-refractivity contribution in [3.63, 3.8) is 0 Å². The first kappa shape index (κ1) is 20.8. The number of pyridine rings is 1. The number of fused-ring (bicyclic) bond motifs is 1. The number of hydrogen-bond donors (Lipinski definition) is 1. The molecule has 0 bridgehead atoms. The lowest BCUT2D eigenvalue weighted by molar-refractivity contribution is 0.102. The summed E-state index contributed by atoms with van der Waals surface area (Å²) in [6.45, 7) is 2.57. The van der Waals surface area contributed by atoms with Gasteiger partial charge >= 0.3 is 0 Å². The number of amides is 1. The SMILES string of the molecule is CCOc1ccc(-c2cc(C(=O)Nc3nc(-c4ccccc4)cs3)c3ccccc3n2)cc1. The van der Waals surface area contributed by atoms with Gasteiger partial charge in [-0.3, -0.25) is 10.1 Å². The molecular formula is C27H21N3O2S. The number of ether oxygens (including phenoxy) is 1. The predicted molar refractivity (Wildman–Crippen MR) is 134 cm³/mol. The van der Waals surface area contributed by atoms with Crippen LogP contribution in [0.5, 0.6) is 5.75 Å². The topological polar surface area (TPSA) is 64.1 Å². The Morgan fingerprint density at radius 3 is 2.39 bits per heavy atom. The molecule has 0 spiro atoms. The third-order valence-electron chi connectivity index (χ3n) is 5.22. The largest absolute Gasteiger partial charge is 0.494 e. The van der Waals surface area contributed by atoms with Gasteiger partial charge in [-0.2, -0.15) is 0 Å². The molecule has 5 nitrogen and oxygen atoms in total. The summed E-state index contributed by atoms with van der Waals surface area (Å²) in [5.74, 6) is 0.591. The second-order valence-electron chi connectivity index (χ2n) is 7.39. The Morgan fingerprint density at radius 1 is 0.879 bits per heavy atom. The fourth-order valence-electron chi connectivity index (χ4n) is 3.64. The molecule has 162 valence electrons. The van der Waals surface area contributed by atoms with Crippen molar-refractivity contribution in [1.82, 2.24) is 9.97 Å². The molecule has 0 radical (unpaired) electrons. The Balaban J connectivity index is 1.48. The summed E-state index contributed by atoms with van der Waals surface area (Å²) in [6.07, 6.45) is 0. The minimum atomic E-state index is -0.213. The van der Waals surface area contributed by atoms with Crippen molar-refractivity contribution in [3.05, 3.63) is 95.9 Å². The number of para-hydroxylation sites is 1. The number of hydrogen-bond acceptors (Lipinski definition) is 5. The van der Waals surface area contributed by atoms with Gasteiger partial charge in [0, 0.05) is 21.9 Å². The highest BCUT2D eigenvalue weighted by atomic mass is 32.1. The summed E-state index contributed by atoms with van der Waals surface area (Å²) in [7, 11) is 0. The van der Waals surface area contributed by atoms with E-state index in [2.05, 4.69) is 10.3 Å². The molecule has 5 rings (SSSR count). The van der Waals surface area contributed by atoms with Gasteiger partial charge < -0.3 is 4.74 Å². The van der Waals surface area contributed by atoms with Crippen molar-refractivity contribution in [2.24, 2.45) is 0 Å². The van der Waals surface area contributed by atoms with Crippen molar-refractivity contribution < 1.29 is 9.53 Å². The Labute approximate surface area is 195 Å². The maximum absolute atomic E-state index is 13.3. The van der Waals surface area contributed by atoms with Crippen LogP contribution in [-0.4, -0.2) is 22.5 Å². The summed E-state index contributed by atoms with van der Waals surface area (Å²) < 4.78 is 5.54. The number of nitrogens with zero attached hydrogens (tertiary/aromatic N) is 2. The normalized spacial score (nSPS) is 10.8. The van der Waals surface area contributed by atoms with Crippen molar-refractivity contribution in [3.8, 4) is 28.3 Å². The molecule has 0 saturated heterocycles. The Bertz CT molecular complexity index is 1410. The van der Waals surface area contributed by atoms with Gasteiger partial charge in [-0.05, 0) is 43.3 Å². The van der Waals surface area contributed by atoms with Crippen molar-refractivity contribution in [2.75, 3.05) is 11.9 Å². The van der Waals surface area contributed by atoms with Gasteiger partial charge in [0.2, 0.25) is 0 Å². The van der Waals surface area contributed by atoms with Crippen LogP contribution in [0.25, 0.3) is 33.4 Å². The Kier molecular flexibility index (Phi) is 5.83. The summed E-state index contributed by atoms with van der Waals surface area (Å²) in [5.41, 5.74) is 4.82. The van der Waals surface area contributed by atoms with Gasteiger partial charge in [0.1, 0.15) is 5.75 Å². The second kappa shape index (κ2) is 9.22. The Hall–Kier alpha value is -4.03. The first-order valence-electron chi connectivity index (χ1n) is 10.7. The van der Waals surface area contributed by atoms with Crippen LogP contribution in [0.2, 0.25) is 0 Å². The molecule has 0 unspecified atom stereocenters. The summed E-state index contributed by atoms with van der Waals surface area (Å²) in [6, 6.07) is 27.1. The first-order chi connectivity index (χ1) is 16.2. The molecule has 1 amide bonds. The van der Waals surface area contributed by atoms with Crippen LogP contribution in [0.4, 0.5) is 5.13 Å². The summed E-state index contributed by atoms with van der Waals surface area (Å²) in [5, 5.41) is 6.26. The van der Waals surface area contributed by atoms with E-state index in [4.69, 9.17) is 9.72 Å². The molecule has 0 aliphatic carbocycles. The lowest BCUT2D eigenvalue weighted by Crippen LogP contribution is -2.13. The molecule has 0 saturated carbocycles. The van der Waals surface area contributed by atoms with Gasteiger partial charge in [0.15, 0.2) is 5.13 Å². The molecule has 5 aromatic rings. The third-order valence-corrected chi connectivity index (χ3v) is 5.97. The monoisotopic (exact) mass is 451 g/mol. The molecule has 2 aromatic heterocycles. The molecule has 0 aliphatic rings. The van der Waals surface area contributed by atoms with E-state index in [0.29, 0.717) is 17.3 Å². The van der Waals surface area contributed by atoms with E-state index in [1.165, 1.54) is 11.3 Å². The highest BCUT2D eigenvalue weighted by Crippen LogP contribution is 2.29. The fourth-order valence-corrected chi connectivity index (χ4v) is 4.35. The smallest absolute Gasteiger partial charge is 0.258 e. The minimum absolute atomic E-state index is 0.213. The van der Waals surface area contributed by atoms with E-state index < -0.39 is 0 Å². The van der Waals surface area contributed by atoms with E-state index in [1.807, 2.05) is 97.2 Å². The van der Waals surface area contributed by atoms with E-state index >= 15 is 0 Å². The Morgan fingerprint density at radius 2 is 1.61 bits per heavy atom. The maximum Gasteiger partial charge on any atom is 0.258 e. The molecule has 33 heavy (non-hydrogen) atoms. The number of benzene rings is 3. The van der Waals surface area contributed by atoms with E-state index in [-0.39, 0.29) is 5.91 Å². The molecule has 0 aliphatic heterocycles. The van der Waals surface area contributed by atoms with Gasteiger partial charge in [-0.25, -0.2) is 9.97 Å². The number of anilines is 1. The van der Waals surface area contributed by atoms with Crippen LogP contribution in [-0.2, 0) is 0 Å². The number of rotatable bonds is 6. The van der Waals surface area contributed by atoms with E-state index in [1.54, 1.807) is 0 Å². The van der Waals surface area contributed by atoms with Crippen molar-refractivity contribution in [2.45, 2.75) is 6.92 Å². The fraction of sp³-hybridized carbons (Fsp3) is 0.0741. The third kappa shape index (κ3) is 4.47. The highest BCUT2D eigenvalue weighted by molar-refractivity contribution is 7.14. The molecule has 1 N–H and O–H groups in total. The molecule has 0 atom stereocenters. The maximum atomic E-state index is 13.3. The molecule has 3 aromatic carbocycles. The predicted octanol–water partition coefficient (Wildman–Crippen LogP) is 6.68. The number of aromatic nitrogens is 2. The van der Waals surface area contributed by atoms with Crippen molar-refractivity contribution in [1.29, 1.82) is 0 Å². The van der Waals surface area contributed by atoms with Crippen LogP contribution in [0, 0.1) is 0 Å². The zero-order valence-corrected chi connectivity index (χ0v) is 18.8. The quantitative estimate of drug-likeness (QED) is 0.313. The second-order valence-corrected chi connectivity index (χ2v) is 8.25. The van der Waals surface area contributed by atoms with E-state index in [9.17, 15) is 4.79 Å².